The summed E-state index contributed by atoms with van der Waals surface area (Å²) in [5.41, 5.74) is 0.803. The number of rotatable bonds is 8. The van der Waals surface area contributed by atoms with Crippen molar-refractivity contribution in [2.75, 3.05) is 70.0 Å². The Bertz CT molecular complexity index is 574. The van der Waals surface area contributed by atoms with Crippen molar-refractivity contribution in [3.05, 3.63) is 11.8 Å². The first-order chi connectivity index (χ1) is 12.7. The van der Waals surface area contributed by atoms with Crippen LogP contribution < -0.4 is 10.2 Å². The van der Waals surface area contributed by atoms with Crippen LogP contribution in [0.5, 0.6) is 0 Å². The third-order valence-corrected chi connectivity index (χ3v) is 5.33. The van der Waals surface area contributed by atoms with Crippen molar-refractivity contribution in [2.24, 2.45) is 5.41 Å². The van der Waals surface area contributed by atoms with Gasteiger partial charge in [0.1, 0.15) is 5.82 Å². The van der Waals surface area contributed by atoms with Crippen LogP contribution in [0.1, 0.15) is 30.9 Å². The smallest absolute Gasteiger partial charge is 0.224 e. The minimum atomic E-state index is -0.159. The number of ether oxygens (including phenoxy) is 2. The van der Waals surface area contributed by atoms with Gasteiger partial charge in [-0.1, -0.05) is 0 Å². The van der Waals surface area contributed by atoms with Gasteiger partial charge < -0.3 is 29.9 Å². The van der Waals surface area contributed by atoms with E-state index in [0.717, 1.165) is 37.4 Å². The Morgan fingerprint density at radius 1 is 1.23 bits per heavy atom. The molecule has 0 amide bonds. The van der Waals surface area contributed by atoms with Crippen molar-refractivity contribution in [1.82, 2.24) is 9.97 Å². The normalized spacial score (nSPS) is 22.3. The molecule has 2 aliphatic rings. The Balaban J connectivity index is 1.80. The Hall–Kier alpha value is -1.48. The molecule has 2 saturated heterocycles. The maximum absolute atomic E-state index is 9.96. The second kappa shape index (κ2) is 8.94. The Morgan fingerprint density at radius 2 is 2.04 bits per heavy atom. The van der Waals surface area contributed by atoms with Gasteiger partial charge in [-0.3, -0.25) is 0 Å². The molecule has 2 fully saturated rings. The van der Waals surface area contributed by atoms with Crippen LogP contribution >= 0.6 is 0 Å². The highest BCUT2D eigenvalue weighted by Crippen LogP contribution is 2.33. The summed E-state index contributed by atoms with van der Waals surface area (Å²) >= 11 is 0. The summed E-state index contributed by atoms with van der Waals surface area (Å²) in [6, 6.07) is 2.02. The molecular weight excluding hydrogens is 336 g/mol. The second-order valence-electron chi connectivity index (χ2n) is 7.31. The van der Waals surface area contributed by atoms with Gasteiger partial charge >= 0.3 is 0 Å². The van der Waals surface area contributed by atoms with Gasteiger partial charge in [-0.25, -0.2) is 4.98 Å². The lowest BCUT2D eigenvalue weighted by molar-refractivity contribution is -0.0113. The topological polar surface area (TPSA) is 100.0 Å². The van der Waals surface area contributed by atoms with Crippen LogP contribution in [0.25, 0.3) is 0 Å². The molecule has 0 spiro atoms. The van der Waals surface area contributed by atoms with Gasteiger partial charge in [-0.05, 0) is 19.3 Å². The lowest BCUT2D eigenvalue weighted by atomic mass is 9.80. The van der Waals surface area contributed by atoms with E-state index in [1.807, 2.05) is 13.1 Å². The molecule has 3 N–H and O–H groups in total. The Kier molecular flexibility index (Phi) is 6.63. The summed E-state index contributed by atoms with van der Waals surface area (Å²) in [6.07, 6.45) is 2.65. The standard InChI is InChI=1S/C18H30N4O4/c1-22(12-18(13-24)3-8-25-9-4-18)16-10-15(14-2-7-26-11-14)20-17(21-16)19-5-6-23/h10,14,23-24H,2-9,11-13H2,1H3,(H,19,20,21). The maximum atomic E-state index is 9.96. The van der Waals surface area contributed by atoms with Gasteiger partial charge in [0.2, 0.25) is 5.95 Å². The maximum Gasteiger partial charge on any atom is 0.224 e. The molecule has 8 nitrogen and oxygen atoms in total. The average Bonchev–Trinajstić information content (AvgIpc) is 3.21. The number of aromatic nitrogens is 2. The Morgan fingerprint density at radius 3 is 2.69 bits per heavy atom. The van der Waals surface area contributed by atoms with Gasteiger partial charge in [-0.15, -0.1) is 0 Å². The summed E-state index contributed by atoms with van der Waals surface area (Å²) < 4.78 is 11.0. The minimum absolute atomic E-state index is 0.0267. The van der Waals surface area contributed by atoms with Crippen molar-refractivity contribution in [3.63, 3.8) is 0 Å². The summed E-state index contributed by atoms with van der Waals surface area (Å²) in [6.45, 7) is 4.10. The molecule has 3 heterocycles. The number of aliphatic hydroxyl groups is 2. The molecule has 0 bridgehead atoms. The van der Waals surface area contributed by atoms with E-state index >= 15 is 0 Å². The molecular formula is C18H30N4O4. The lowest BCUT2D eigenvalue weighted by Gasteiger charge is -2.39. The summed E-state index contributed by atoms with van der Waals surface area (Å²) in [5, 5.41) is 22.1. The third-order valence-electron chi connectivity index (χ3n) is 5.33. The molecule has 0 radical (unpaired) electrons. The van der Waals surface area contributed by atoms with Gasteiger partial charge in [0.25, 0.3) is 0 Å². The monoisotopic (exact) mass is 366 g/mol. The number of hydrogen-bond acceptors (Lipinski definition) is 8. The molecule has 26 heavy (non-hydrogen) atoms. The largest absolute Gasteiger partial charge is 0.396 e. The first kappa shape index (κ1) is 19.3. The zero-order valence-corrected chi connectivity index (χ0v) is 15.5. The van der Waals surface area contributed by atoms with E-state index in [0.29, 0.717) is 38.9 Å². The Labute approximate surface area is 154 Å². The highest BCUT2D eigenvalue weighted by molar-refractivity contribution is 5.45. The first-order valence-corrected chi connectivity index (χ1v) is 9.37. The highest BCUT2D eigenvalue weighted by atomic mass is 16.5. The molecule has 1 aromatic heterocycles. The van der Waals surface area contributed by atoms with Gasteiger partial charge in [0.15, 0.2) is 0 Å². The fraction of sp³-hybridized carbons (Fsp3) is 0.778. The second-order valence-corrected chi connectivity index (χ2v) is 7.31. The van der Waals surface area contributed by atoms with Gasteiger partial charge in [-0.2, -0.15) is 4.98 Å². The van der Waals surface area contributed by atoms with E-state index in [-0.39, 0.29) is 24.5 Å². The summed E-state index contributed by atoms with van der Waals surface area (Å²) in [5.74, 6) is 1.62. The minimum Gasteiger partial charge on any atom is -0.396 e. The number of nitrogens with zero attached hydrogens (tertiary/aromatic N) is 3. The predicted molar refractivity (Wildman–Crippen MR) is 98.6 cm³/mol. The van der Waals surface area contributed by atoms with E-state index in [1.54, 1.807) is 0 Å². The summed E-state index contributed by atoms with van der Waals surface area (Å²) in [4.78, 5) is 11.3. The van der Waals surface area contributed by atoms with Crippen LogP contribution in [-0.4, -0.2) is 80.0 Å². The van der Waals surface area contributed by atoms with E-state index in [1.165, 1.54) is 0 Å². The SMILES string of the molecule is CN(CC1(CO)CCOCC1)c1cc(C2CCOC2)nc(NCCO)n1. The molecule has 1 atom stereocenters. The highest BCUT2D eigenvalue weighted by Gasteiger charge is 2.34. The predicted octanol–water partition coefficient (Wildman–Crippen LogP) is 0.610. The molecule has 8 heteroatoms. The number of aliphatic hydroxyl groups excluding tert-OH is 2. The van der Waals surface area contributed by atoms with Crippen molar-refractivity contribution < 1.29 is 19.7 Å². The summed E-state index contributed by atoms with van der Waals surface area (Å²) in [7, 11) is 2.00. The van der Waals surface area contributed by atoms with Crippen LogP contribution in [-0.2, 0) is 9.47 Å². The van der Waals surface area contributed by atoms with Gasteiger partial charge in [0, 0.05) is 57.4 Å². The zero-order valence-electron chi connectivity index (χ0n) is 15.5. The van der Waals surface area contributed by atoms with Crippen molar-refractivity contribution in [2.45, 2.75) is 25.2 Å². The van der Waals surface area contributed by atoms with Crippen molar-refractivity contribution >= 4 is 11.8 Å². The van der Waals surface area contributed by atoms with E-state index in [9.17, 15) is 5.11 Å². The molecule has 3 rings (SSSR count). The van der Waals surface area contributed by atoms with Crippen molar-refractivity contribution in [1.29, 1.82) is 0 Å². The molecule has 1 unspecified atom stereocenters. The molecule has 0 saturated carbocycles. The molecule has 0 aliphatic carbocycles. The molecule has 1 aromatic rings. The van der Waals surface area contributed by atoms with Crippen LogP contribution in [0.3, 0.4) is 0 Å². The van der Waals surface area contributed by atoms with E-state index in [4.69, 9.17) is 14.6 Å². The van der Waals surface area contributed by atoms with Gasteiger partial charge in [0.05, 0.1) is 25.5 Å². The average molecular weight is 366 g/mol. The molecule has 0 aromatic carbocycles. The van der Waals surface area contributed by atoms with Crippen LogP contribution in [0, 0.1) is 5.41 Å². The van der Waals surface area contributed by atoms with Crippen LogP contribution in [0.15, 0.2) is 6.07 Å². The third kappa shape index (κ3) is 4.62. The number of nitrogens with one attached hydrogen (secondary N) is 1. The number of hydrogen-bond donors (Lipinski definition) is 3. The van der Waals surface area contributed by atoms with Crippen LogP contribution in [0.4, 0.5) is 11.8 Å². The first-order valence-electron chi connectivity index (χ1n) is 9.37. The lowest BCUT2D eigenvalue weighted by Crippen LogP contribution is -2.43. The fourth-order valence-electron chi connectivity index (χ4n) is 3.63. The molecule has 2 aliphatic heterocycles. The van der Waals surface area contributed by atoms with Crippen LogP contribution in [0.2, 0.25) is 0 Å². The number of anilines is 2. The van der Waals surface area contributed by atoms with Crippen molar-refractivity contribution in [3.8, 4) is 0 Å². The van der Waals surface area contributed by atoms with E-state index in [2.05, 4.69) is 20.2 Å². The fourth-order valence-corrected chi connectivity index (χ4v) is 3.63. The zero-order chi connectivity index (χ0) is 18.4. The quantitative estimate of drug-likeness (QED) is 0.615. The molecule has 146 valence electrons. The van der Waals surface area contributed by atoms with E-state index < -0.39 is 0 Å².